The fraction of sp³-hybridized carbons (Fsp3) is 0.400. The van der Waals surface area contributed by atoms with Crippen molar-refractivity contribution in [3.8, 4) is 5.75 Å². The van der Waals surface area contributed by atoms with Gasteiger partial charge in [-0.25, -0.2) is 47.0 Å². The van der Waals surface area contributed by atoms with Crippen LogP contribution in [0.1, 0.15) is 17.6 Å². The highest BCUT2D eigenvalue weighted by Gasteiger charge is 2.41. The summed E-state index contributed by atoms with van der Waals surface area (Å²) in [7, 11) is 2.81. The van der Waals surface area contributed by atoms with Gasteiger partial charge in [0.05, 0.1) is 25.7 Å². The molecule has 3 aromatic rings. The first-order valence-electron chi connectivity index (χ1n) is 10.2. The number of ether oxygens (including phenoxy) is 1. The SMILES string of the molecule is Cn1c(=O)n2n(c1=O)[C@@H]1Cn3c(=O)n(C)c(=O)n3[C@@H](c3ccccc3OCCO)C1=CC2. The molecule has 0 saturated carbocycles. The lowest BCUT2D eigenvalue weighted by Crippen LogP contribution is -2.47. The molecule has 32 heavy (non-hydrogen) atoms. The van der Waals surface area contributed by atoms with Crippen LogP contribution >= 0.6 is 0 Å². The van der Waals surface area contributed by atoms with Crippen molar-refractivity contribution >= 4 is 0 Å². The Hall–Kier alpha value is -3.80. The quantitative estimate of drug-likeness (QED) is 0.474. The zero-order valence-corrected chi connectivity index (χ0v) is 17.5. The predicted molar refractivity (Wildman–Crippen MR) is 112 cm³/mol. The lowest BCUT2D eigenvalue weighted by molar-refractivity contribution is 0.196. The van der Waals surface area contributed by atoms with Crippen LogP contribution in [0.25, 0.3) is 0 Å². The van der Waals surface area contributed by atoms with E-state index in [4.69, 9.17) is 4.74 Å². The molecular weight excluding hydrogens is 420 g/mol. The van der Waals surface area contributed by atoms with Gasteiger partial charge in [-0.15, -0.1) is 0 Å². The van der Waals surface area contributed by atoms with Gasteiger partial charge in [0.2, 0.25) is 0 Å². The third-order valence-corrected chi connectivity index (χ3v) is 6.15. The first-order valence-corrected chi connectivity index (χ1v) is 10.2. The fourth-order valence-corrected chi connectivity index (χ4v) is 4.65. The monoisotopic (exact) mass is 442 g/mol. The summed E-state index contributed by atoms with van der Waals surface area (Å²) in [5.74, 6) is 0.450. The number of rotatable bonds is 4. The third-order valence-electron chi connectivity index (χ3n) is 6.15. The minimum atomic E-state index is -0.735. The topological polar surface area (TPSA) is 127 Å². The number of fused-ring (bicyclic) bond motifs is 4. The van der Waals surface area contributed by atoms with Gasteiger partial charge in [-0.05, 0) is 11.6 Å². The van der Waals surface area contributed by atoms with Crippen molar-refractivity contribution in [3.05, 3.63) is 83.4 Å². The molecule has 12 heteroatoms. The Bertz CT molecular complexity index is 1490. The zero-order valence-electron chi connectivity index (χ0n) is 17.5. The van der Waals surface area contributed by atoms with Crippen LogP contribution in [0, 0.1) is 0 Å². The van der Waals surface area contributed by atoms with E-state index in [1.807, 2.05) is 6.08 Å². The molecule has 0 fully saturated rings. The summed E-state index contributed by atoms with van der Waals surface area (Å²) in [6.07, 6.45) is 1.83. The molecular formula is C20H22N6O6. The van der Waals surface area contributed by atoms with Gasteiger partial charge in [0.1, 0.15) is 18.4 Å². The molecule has 0 saturated heterocycles. The minimum absolute atomic E-state index is 0.0280. The maximum absolute atomic E-state index is 13.1. The van der Waals surface area contributed by atoms with Crippen LogP contribution in [0.15, 0.2) is 55.1 Å². The van der Waals surface area contributed by atoms with E-state index in [1.54, 1.807) is 24.3 Å². The number of benzene rings is 1. The van der Waals surface area contributed by atoms with Gasteiger partial charge in [0, 0.05) is 19.7 Å². The van der Waals surface area contributed by atoms with E-state index in [-0.39, 0.29) is 26.3 Å². The number of hydrogen-bond donors (Lipinski definition) is 1. The molecule has 1 N–H and O–H groups in total. The lowest BCUT2D eigenvalue weighted by Gasteiger charge is -2.38. The highest BCUT2D eigenvalue weighted by Crippen LogP contribution is 2.41. The molecule has 1 aromatic carbocycles. The van der Waals surface area contributed by atoms with Crippen molar-refractivity contribution in [2.75, 3.05) is 13.2 Å². The summed E-state index contributed by atoms with van der Waals surface area (Å²) in [4.78, 5) is 51.3. The first-order chi connectivity index (χ1) is 15.4. The minimum Gasteiger partial charge on any atom is -0.491 e. The number of aliphatic hydroxyl groups excluding tert-OH is 1. The molecule has 0 bridgehead atoms. The summed E-state index contributed by atoms with van der Waals surface area (Å²) in [6.45, 7) is 0.0510. The summed E-state index contributed by atoms with van der Waals surface area (Å²) >= 11 is 0. The van der Waals surface area contributed by atoms with Gasteiger partial charge in [-0.3, -0.25) is 0 Å². The number of nitrogens with zero attached hydrogens (tertiary/aromatic N) is 6. The summed E-state index contributed by atoms with van der Waals surface area (Å²) in [6, 6.07) is 5.69. The maximum atomic E-state index is 13.1. The van der Waals surface area contributed by atoms with Gasteiger partial charge < -0.3 is 9.84 Å². The average Bonchev–Trinajstić information content (AvgIpc) is 3.16. The second-order valence-corrected chi connectivity index (χ2v) is 7.83. The Morgan fingerprint density at radius 2 is 1.59 bits per heavy atom. The largest absolute Gasteiger partial charge is 0.491 e. The van der Waals surface area contributed by atoms with E-state index in [2.05, 4.69) is 0 Å². The number of aromatic nitrogens is 6. The van der Waals surface area contributed by atoms with Crippen molar-refractivity contribution < 1.29 is 9.84 Å². The molecule has 2 aliphatic heterocycles. The molecule has 0 unspecified atom stereocenters. The zero-order chi connectivity index (χ0) is 22.7. The lowest BCUT2D eigenvalue weighted by atomic mass is 9.90. The Morgan fingerprint density at radius 3 is 2.31 bits per heavy atom. The average molecular weight is 442 g/mol. The fourth-order valence-electron chi connectivity index (χ4n) is 4.65. The van der Waals surface area contributed by atoms with Crippen molar-refractivity contribution in [2.24, 2.45) is 14.1 Å². The molecule has 2 aliphatic rings. The van der Waals surface area contributed by atoms with Crippen molar-refractivity contribution in [3.63, 3.8) is 0 Å². The summed E-state index contributed by atoms with van der Waals surface area (Å²) in [5, 5.41) is 9.21. The molecule has 168 valence electrons. The van der Waals surface area contributed by atoms with Crippen molar-refractivity contribution in [2.45, 2.75) is 25.2 Å². The number of allylic oxidation sites excluding steroid dienone is 2. The molecule has 0 radical (unpaired) electrons. The Labute approximate surface area is 180 Å². The highest BCUT2D eigenvalue weighted by molar-refractivity contribution is 5.42. The predicted octanol–water partition coefficient (Wildman–Crippen LogP) is -1.83. The van der Waals surface area contributed by atoms with E-state index in [9.17, 15) is 24.3 Å². The standard InChI is InChI=1S/C20H22N6O6/c1-21-17(28)23-8-7-12-14(25(23)19(21)30)11-24-18(29)22(2)20(31)26(24)16(12)13-5-3-4-6-15(13)32-10-9-27/h3-7,14,16,27H,8-11H2,1-2H3/t14-,16-/m1/s1. The molecule has 0 amide bonds. The smallest absolute Gasteiger partial charge is 0.347 e. The molecule has 0 aliphatic carbocycles. The molecule has 2 atom stereocenters. The second-order valence-electron chi connectivity index (χ2n) is 7.83. The molecule has 4 heterocycles. The number of hydrogen-bond acceptors (Lipinski definition) is 6. The van der Waals surface area contributed by atoms with E-state index in [1.165, 1.54) is 32.8 Å². The molecule has 5 rings (SSSR count). The van der Waals surface area contributed by atoms with Crippen molar-refractivity contribution in [1.82, 2.24) is 27.9 Å². The van der Waals surface area contributed by atoms with Gasteiger partial charge in [-0.2, -0.15) is 0 Å². The van der Waals surface area contributed by atoms with Gasteiger partial charge in [0.25, 0.3) is 0 Å². The van der Waals surface area contributed by atoms with Crippen LogP contribution in [0.2, 0.25) is 0 Å². The third kappa shape index (κ3) is 2.59. The van der Waals surface area contributed by atoms with Gasteiger partial charge in [0.15, 0.2) is 0 Å². The van der Waals surface area contributed by atoms with Crippen LogP contribution in [-0.4, -0.2) is 46.2 Å². The van der Waals surface area contributed by atoms with Gasteiger partial charge >= 0.3 is 22.8 Å². The van der Waals surface area contributed by atoms with E-state index in [0.29, 0.717) is 16.9 Å². The summed E-state index contributed by atoms with van der Waals surface area (Å²) < 4.78 is 13.1. The maximum Gasteiger partial charge on any atom is 0.347 e. The normalized spacial score (nSPS) is 19.2. The van der Waals surface area contributed by atoms with E-state index in [0.717, 1.165) is 9.13 Å². The number of para-hydroxylation sites is 1. The van der Waals surface area contributed by atoms with Crippen LogP contribution in [0.5, 0.6) is 5.75 Å². The van der Waals surface area contributed by atoms with E-state index < -0.39 is 34.8 Å². The Kier molecular flexibility index (Phi) is 4.48. The van der Waals surface area contributed by atoms with Crippen LogP contribution < -0.4 is 27.5 Å². The van der Waals surface area contributed by atoms with Crippen molar-refractivity contribution in [1.29, 1.82) is 0 Å². The Balaban J connectivity index is 1.80. The van der Waals surface area contributed by atoms with Gasteiger partial charge in [-0.1, -0.05) is 24.3 Å². The molecule has 2 aromatic heterocycles. The second kappa shape index (κ2) is 7.12. The van der Waals surface area contributed by atoms with Crippen LogP contribution in [0.3, 0.4) is 0 Å². The van der Waals surface area contributed by atoms with Crippen LogP contribution in [0.4, 0.5) is 0 Å². The Morgan fingerprint density at radius 1 is 0.938 bits per heavy atom. The first kappa shape index (κ1) is 20.1. The van der Waals surface area contributed by atoms with Crippen LogP contribution in [-0.2, 0) is 27.2 Å². The molecule has 0 spiro atoms. The highest BCUT2D eigenvalue weighted by atomic mass is 16.5. The summed E-state index contributed by atoms with van der Waals surface area (Å²) in [5.41, 5.74) is -0.634. The molecule has 12 nitrogen and oxygen atoms in total. The number of aliphatic hydroxyl groups is 1. The van der Waals surface area contributed by atoms with E-state index >= 15 is 0 Å².